The van der Waals surface area contributed by atoms with E-state index in [1.54, 1.807) is 6.07 Å². The van der Waals surface area contributed by atoms with E-state index in [0.717, 1.165) is 10.2 Å². The van der Waals surface area contributed by atoms with Crippen molar-refractivity contribution in [3.8, 4) is 6.07 Å². The molecule has 0 bridgehead atoms. The number of rotatable bonds is 3. The summed E-state index contributed by atoms with van der Waals surface area (Å²) < 4.78 is 6.10. The third-order valence-electron chi connectivity index (χ3n) is 3.13. The Morgan fingerprint density at radius 2 is 2.17 bits per heavy atom. The Kier molecular flexibility index (Phi) is 4.23. The summed E-state index contributed by atoms with van der Waals surface area (Å²) in [5.41, 5.74) is 0.582. The van der Waals surface area contributed by atoms with Crippen molar-refractivity contribution >= 4 is 21.6 Å². The van der Waals surface area contributed by atoms with Gasteiger partial charge >= 0.3 is 0 Å². The quantitative estimate of drug-likeness (QED) is 0.899. The van der Waals surface area contributed by atoms with Crippen LogP contribution in [-0.4, -0.2) is 30.5 Å². The molecule has 0 saturated carbocycles. The van der Waals surface area contributed by atoms with Crippen LogP contribution in [0.15, 0.2) is 22.7 Å². The SMILES string of the molecule is N#Cc1cc(Br)ccc1NCC1(O)CCOCC1. The van der Waals surface area contributed by atoms with Gasteiger partial charge in [0.05, 0.1) is 16.9 Å². The van der Waals surface area contributed by atoms with Crippen molar-refractivity contribution in [2.75, 3.05) is 25.1 Å². The second-order valence-electron chi connectivity index (χ2n) is 4.49. The molecule has 2 N–H and O–H groups in total. The summed E-state index contributed by atoms with van der Waals surface area (Å²) in [4.78, 5) is 0. The van der Waals surface area contributed by atoms with Gasteiger partial charge < -0.3 is 15.2 Å². The van der Waals surface area contributed by atoms with Crippen molar-refractivity contribution in [1.29, 1.82) is 5.26 Å². The summed E-state index contributed by atoms with van der Waals surface area (Å²) in [6.07, 6.45) is 1.25. The molecular formula is C13H15BrN2O2. The van der Waals surface area contributed by atoms with Gasteiger partial charge in [-0.25, -0.2) is 0 Å². The van der Waals surface area contributed by atoms with E-state index < -0.39 is 5.60 Å². The number of nitrogens with zero attached hydrogens (tertiary/aromatic N) is 1. The van der Waals surface area contributed by atoms with E-state index >= 15 is 0 Å². The summed E-state index contributed by atoms with van der Waals surface area (Å²) in [5.74, 6) is 0. The van der Waals surface area contributed by atoms with Crippen LogP contribution in [0, 0.1) is 11.3 Å². The van der Waals surface area contributed by atoms with Crippen LogP contribution in [0.4, 0.5) is 5.69 Å². The molecule has 0 aliphatic carbocycles. The summed E-state index contributed by atoms with van der Waals surface area (Å²) >= 11 is 3.33. The Balaban J connectivity index is 2.04. The van der Waals surface area contributed by atoms with E-state index in [-0.39, 0.29) is 0 Å². The zero-order valence-corrected chi connectivity index (χ0v) is 11.5. The second kappa shape index (κ2) is 5.70. The summed E-state index contributed by atoms with van der Waals surface area (Å²) in [7, 11) is 0. The molecule has 96 valence electrons. The van der Waals surface area contributed by atoms with Gasteiger partial charge in [-0.1, -0.05) is 15.9 Å². The van der Waals surface area contributed by atoms with Crippen LogP contribution >= 0.6 is 15.9 Å². The van der Waals surface area contributed by atoms with Crippen molar-refractivity contribution in [3.05, 3.63) is 28.2 Å². The highest BCUT2D eigenvalue weighted by atomic mass is 79.9. The molecule has 0 spiro atoms. The third-order valence-corrected chi connectivity index (χ3v) is 3.63. The lowest BCUT2D eigenvalue weighted by Crippen LogP contribution is -2.42. The first-order chi connectivity index (χ1) is 8.63. The summed E-state index contributed by atoms with van der Waals surface area (Å²) in [6, 6.07) is 7.61. The number of hydrogen-bond acceptors (Lipinski definition) is 4. The smallest absolute Gasteiger partial charge is 0.101 e. The molecule has 0 amide bonds. The van der Waals surface area contributed by atoms with Gasteiger partial charge in [0.1, 0.15) is 6.07 Å². The predicted molar refractivity (Wildman–Crippen MR) is 72.3 cm³/mol. The zero-order valence-electron chi connectivity index (χ0n) is 9.95. The molecule has 1 aromatic carbocycles. The van der Waals surface area contributed by atoms with Gasteiger partial charge in [-0.2, -0.15) is 5.26 Å². The maximum atomic E-state index is 10.3. The summed E-state index contributed by atoms with van der Waals surface area (Å²) in [6.45, 7) is 1.61. The van der Waals surface area contributed by atoms with Gasteiger partial charge in [-0.3, -0.25) is 0 Å². The van der Waals surface area contributed by atoms with Crippen LogP contribution in [-0.2, 0) is 4.74 Å². The van der Waals surface area contributed by atoms with Crippen LogP contribution in [0.1, 0.15) is 18.4 Å². The molecule has 0 atom stereocenters. The first kappa shape index (κ1) is 13.3. The van der Waals surface area contributed by atoms with Crippen molar-refractivity contribution in [2.45, 2.75) is 18.4 Å². The zero-order chi connectivity index (χ0) is 13.0. The standard InChI is InChI=1S/C13H15BrN2O2/c14-11-1-2-12(10(7-11)8-15)16-9-13(17)3-5-18-6-4-13/h1-2,7,16-17H,3-6,9H2. The van der Waals surface area contributed by atoms with E-state index in [1.165, 1.54) is 0 Å². The summed E-state index contributed by atoms with van der Waals surface area (Å²) in [5, 5.41) is 22.5. The monoisotopic (exact) mass is 310 g/mol. The molecule has 1 heterocycles. The van der Waals surface area contributed by atoms with Gasteiger partial charge in [0, 0.05) is 37.1 Å². The average molecular weight is 311 g/mol. The minimum absolute atomic E-state index is 0.437. The lowest BCUT2D eigenvalue weighted by Gasteiger charge is -2.32. The van der Waals surface area contributed by atoms with Crippen molar-refractivity contribution < 1.29 is 9.84 Å². The molecule has 1 fully saturated rings. The van der Waals surface area contributed by atoms with Crippen molar-refractivity contribution in [3.63, 3.8) is 0 Å². The molecule has 2 rings (SSSR count). The number of halogens is 1. The normalized spacial score (nSPS) is 18.1. The van der Waals surface area contributed by atoms with Gasteiger partial charge in [-0.05, 0) is 18.2 Å². The molecule has 1 saturated heterocycles. The maximum absolute atomic E-state index is 10.3. The highest BCUT2D eigenvalue weighted by Gasteiger charge is 2.29. The number of hydrogen-bond donors (Lipinski definition) is 2. The number of benzene rings is 1. The Labute approximate surface area is 115 Å². The van der Waals surface area contributed by atoms with Crippen LogP contribution < -0.4 is 5.32 Å². The fourth-order valence-electron chi connectivity index (χ4n) is 1.95. The Hall–Kier alpha value is -1.09. The molecule has 1 aliphatic heterocycles. The van der Waals surface area contributed by atoms with Crippen LogP contribution in [0.2, 0.25) is 0 Å². The van der Waals surface area contributed by atoms with Crippen LogP contribution in [0.5, 0.6) is 0 Å². The fraction of sp³-hybridized carbons (Fsp3) is 0.462. The fourth-order valence-corrected chi connectivity index (χ4v) is 2.31. The van der Waals surface area contributed by atoms with Crippen LogP contribution in [0.3, 0.4) is 0 Å². The number of nitriles is 1. The molecule has 4 nitrogen and oxygen atoms in total. The highest BCUT2D eigenvalue weighted by Crippen LogP contribution is 2.24. The highest BCUT2D eigenvalue weighted by molar-refractivity contribution is 9.10. The van der Waals surface area contributed by atoms with E-state index in [0.29, 0.717) is 38.2 Å². The molecule has 1 aliphatic rings. The lowest BCUT2D eigenvalue weighted by atomic mass is 9.94. The van der Waals surface area contributed by atoms with Gasteiger partial charge in [0.15, 0.2) is 0 Å². The van der Waals surface area contributed by atoms with Crippen molar-refractivity contribution in [2.24, 2.45) is 0 Å². The first-order valence-electron chi connectivity index (χ1n) is 5.87. The third kappa shape index (κ3) is 3.22. The minimum atomic E-state index is -0.738. The van der Waals surface area contributed by atoms with Gasteiger partial charge in [0.2, 0.25) is 0 Å². The Morgan fingerprint density at radius 3 is 2.83 bits per heavy atom. The van der Waals surface area contributed by atoms with Crippen LogP contribution in [0.25, 0.3) is 0 Å². The van der Waals surface area contributed by atoms with Gasteiger partial charge in [0.25, 0.3) is 0 Å². The molecule has 0 aromatic heterocycles. The molecule has 5 heteroatoms. The largest absolute Gasteiger partial charge is 0.388 e. The Bertz CT molecular complexity index is 465. The number of aliphatic hydroxyl groups is 1. The van der Waals surface area contributed by atoms with E-state index in [1.807, 2.05) is 12.1 Å². The van der Waals surface area contributed by atoms with Crippen molar-refractivity contribution in [1.82, 2.24) is 0 Å². The number of anilines is 1. The number of nitrogens with one attached hydrogen (secondary N) is 1. The predicted octanol–water partition coefficient (Wildman–Crippen LogP) is 2.27. The molecule has 1 aromatic rings. The molecular weight excluding hydrogens is 296 g/mol. The second-order valence-corrected chi connectivity index (χ2v) is 5.41. The molecule has 0 radical (unpaired) electrons. The Morgan fingerprint density at radius 1 is 1.44 bits per heavy atom. The van der Waals surface area contributed by atoms with E-state index in [4.69, 9.17) is 10.00 Å². The maximum Gasteiger partial charge on any atom is 0.101 e. The van der Waals surface area contributed by atoms with E-state index in [9.17, 15) is 5.11 Å². The molecule has 0 unspecified atom stereocenters. The minimum Gasteiger partial charge on any atom is -0.388 e. The van der Waals surface area contributed by atoms with E-state index in [2.05, 4.69) is 27.3 Å². The lowest BCUT2D eigenvalue weighted by molar-refractivity contribution is -0.0543. The number of ether oxygens (including phenoxy) is 1. The average Bonchev–Trinajstić information content (AvgIpc) is 2.38. The van der Waals surface area contributed by atoms with Gasteiger partial charge in [-0.15, -0.1) is 0 Å². The first-order valence-corrected chi connectivity index (χ1v) is 6.66. The topological polar surface area (TPSA) is 65.3 Å². The molecule has 18 heavy (non-hydrogen) atoms.